The van der Waals surface area contributed by atoms with E-state index in [1.165, 1.54) is 7.11 Å². The molecule has 15 heavy (non-hydrogen) atoms. The molecule has 0 saturated carbocycles. The Hall–Kier alpha value is -0.480. The second-order valence-electron chi connectivity index (χ2n) is 3.03. The van der Waals surface area contributed by atoms with Crippen molar-refractivity contribution in [2.45, 2.75) is 6.04 Å². The average molecular weight is 250 g/mol. The highest BCUT2D eigenvalue weighted by atomic mass is 35.5. The van der Waals surface area contributed by atoms with Crippen LogP contribution in [0.15, 0.2) is 12.1 Å². The molecule has 1 rings (SSSR count). The van der Waals surface area contributed by atoms with E-state index < -0.39 is 0 Å². The van der Waals surface area contributed by atoms with Gasteiger partial charge in [0.15, 0.2) is 0 Å². The SMILES string of the molecule is CNC(CO)c1cc(Cl)c(OC)cc1Cl. The van der Waals surface area contributed by atoms with E-state index in [1.807, 2.05) is 0 Å². The van der Waals surface area contributed by atoms with E-state index in [9.17, 15) is 0 Å². The fourth-order valence-corrected chi connectivity index (χ4v) is 1.85. The largest absolute Gasteiger partial charge is 0.495 e. The van der Waals surface area contributed by atoms with E-state index in [1.54, 1.807) is 19.2 Å². The molecule has 0 saturated heterocycles. The molecule has 1 atom stereocenters. The van der Waals surface area contributed by atoms with Crippen LogP contribution in [0.3, 0.4) is 0 Å². The van der Waals surface area contributed by atoms with Crippen molar-refractivity contribution in [3.05, 3.63) is 27.7 Å². The van der Waals surface area contributed by atoms with Gasteiger partial charge in [0.05, 0.1) is 24.8 Å². The molecule has 0 radical (unpaired) electrons. The number of hydrogen-bond acceptors (Lipinski definition) is 3. The summed E-state index contributed by atoms with van der Waals surface area (Å²) < 4.78 is 5.03. The molecular formula is C10H13Cl2NO2. The Morgan fingerprint density at radius 2 is 2.07 bits per heavy atom. The lowest BCUT2D eigenvalue weighted by atomic mass is 10.1. The number of aliphatic hydroxyl groups is 1. The molecular weight excluding hydrogens is 237 g/mol. The minimum Gasteiger partial charge on any atom is -0.495 e. The third-order valence-corrected chi connectivity index (χ3v) is 2.80. The van der Waals surface area contributed by atoms with E-state index in [2.05, 4.69) is 5.32 Å². The predicted molar refractivity (Wildman–Crippen MR) is 61.9 cm³/mol. The summed E-state index contributed by atoms with van der Waals surface area (Å²) in [5.74, 6) is 0.526. The van der Waals surface area contributed by atoms with Gasteiger partial charge in [0, 0.05) is 11.1 Å². The highest BCUT2D eigenvalue weighted by Crippen LogP contribution is 2.33. The lowest BCUT2D eigenvalue weighted by molar-refractivity contribution is 0.251. The van der Waals surface area contributed by atoms with Gasteiger partial charge in [0.1, 0.15) is 5.75 Å². The minimum absolute atomic E-state index is 0.0428. The van der Waals surface area contributed by atoms with Gasteiger partial charge >= 0.3 is 0 Å². The van der Waals surface area contributed by atoms with Crippen LogP contribution < -0.4 is 10.1 Å². The Bertz CT molecular complexity index is 340. The lowest BCUT2D eigenvalue weighted by Gasteiger charge is -2.16. The number of rotatable bonds is 4. The van der Waals surface area contributed by atoms with Crippen molar-refractivity contribution in [2.75, 3.05) is 20.8 Å². The quantitative estimate of drug-likeness (QED) is 0.861. The van der Waals surface area contributed by atoms with Gasteiger partial charge in [-0.15, -0.1) is 0 Å². The molecule has 0 aliphatic heterocycles. The van der Waals surface area contributed by atoms with Crippen LogP contribution in [0.5, 0.6) is 5.75 Å². The zero-order chi connectivity index (χ0) is 11.4. The number of aliphatic hydroxyl groups excluding tert-OH is 1. The van der Waals surface area contributed by atoms with E-state index in [0.717, 1.165) is 5.56 Å². The maximum Gasteiger partial charge on any atom is 0.138 e. The van der Waals surface area contributed by atoms with Gasteiger partial charge in [-0.2, -0.15) is 0 Å². The first kappa shape index (κ1) is 12.6. The summed E-state index contributed by atoms with van der Waals surface area (Å²) in [6.45, 7) is -0.0428. The van der Waals surface area contributed by atoms with Crippen molar-refractivity contribution in [2.24, 2.45) is 0 Å². The first-order valence-corrected chi connectivity index (χ1v) is 5.20. The Kier molecular flexibility index (Phi) is 4.67. The molecule has 0 aliphatic rings. The second-order valence-corrected chi connectivity index (χ2v) is 3.85. The standard InChI is InChI=1S/C10H13Cl2NO2/c1-13-9(5-14)6-3-8(12)10(15-2)4-7(6)11/h3-4,9,13-14H,5H2,1-2H3. The second kappa shape index (κ2) is 5.56. The molecule has 5 heteroatoms. The fraction of sp³-hybridized carbons (Fsp3) is 0.400. The van der Waals surface area contributed by atoms with Gasteiger partial charge in [0.2, 0.25) is 0 Å². The fourth-order valence-electron chi connectivity index (χ4n) is 1.31. The minimum atomic E-state index is -0.221. The molecule has 0 amide bonds. The molecule has 1 aromatic carbocycles. The third-order valence-electron chi connectivity index (χ3n) is 2.18. The van der Waals surface area contributed by atoms with E-state index in [-0.39, 0.29) is 12.6 Å². The molecule has 0 aromatic heterocycles. The third kappa shape index (κ3) is 2.75. The Labute approximate surface area is 99.0 Å². The van der Waals surface area contributed by atoms with Crippen molar-refractivity contribution >= 4 is 23.2 Å². The normalized spacial score (nSPS) is 12.6. The van der Waals surface area contributed by atoms with Crippen molar-refractivity contribution in [1.29, 1.82) is 0 Å². The highest BCUT2D eigenvalue weighted by molar-refractivity contribution is 6.34. The number of nitrogens with one attached hydrogen (secondary N) is 1. The summed E-state index contributed by atoms with van der Waals surface area (Å²) in [6.07, 6.45) is 0. The van der Waals surface area contributed by atoms with Gasteiger partial charge in [-0.1, -0.05) is 23.2 Å². The molecule has 0 bridgehead atoms. The number of likely N-dealkylation sites (N-methyl/N-ethyl adjacent to an activating group) is 1. The van der Waals surface area contributed by atoms with Gasteiger partial charge in [-0.25, -0.2) is 0 Å². The first-order valence-electron chi connectivity index (χ1n) is 4.45. The van der Waals surface area contributed by atoms with E-state index >= 15 is 0 Å². The van der Waals surface area contributed by atoms with Crippen LogP contribution in [0.2, 0.25) is 10.0 Å². The molecule has 1 unspecified atom stereocenters. The smallest absolute Gasteiger partial charge is 0.138 e. The first-order chi connectivity index (χ1) is 7.13. The maximum absolute atomic E-state index is 9.13. The monoisotopic (exact) mass is 249 g/mol. The Balaban J connectivity index is 3.14. The number of ether oxygens (including phenoxy) is 1. The van der Waals surface area contributed by atoms with Crippen LogP contribution in [-0.4, -0.2) is 25.9 Å². The lowest BCUT2D eigenvalue weighted by Crippen LogP contribution is -2.20. The van der Waals surface area contributed by atoms with Crippen molar-refractivity contribution < 1.29 is 9.84 Å². The molecule has 0 spiro atoms. The Morgan fingerprint density at radius 1 is 1.40 bits per heavy atom. The van der Waals surface area contributed by atoms with Crippen molar-refractivity contribution in [3.63, 3.8) is 0 Å². The van der Waals surface area contributed by atoms with Crippen molar-refractivity contribution in [1.82, 2.24) is 5.32 Å². The summed E-state index contributed by atoms with van der Waals surface area (Å²) in [5, 5.41) is 13.1. The summed E-state index contributed by atoms with van der Waals surface area (Å²) in [7, 11) is 3.27. The summed E-state index contributed by atoms with van der Waals surface area (Å²) >= 11 is 12.0. The van der Waals surface area contributed by atoms with Gasteiger partial charge in [-0.3, -0.25) is 0 Å². The van der Waals surface area contributed by atoms with Gasteiger partial charge < -0.3 is 15.2 Å². The molecule has 2 N–H and O–H groups in total. The summed E-state index contributed by atoms with van der Waals surface area (Å²) in [6, 6.07) is 3.11. The topological polar surface area (TPSA) is 41.5 Å². The summed E-state index contributed by atoms with van der Waals surface area (Å²) in [5.41, 5.74) is 0.757. The molecule has 0 aliphatic carbocycles. The highest BCUT2D eigenvalue weighted by Gasteiger charge is 2.14. The van der Waals surface area contributed by atoms with Crippen molar-refractivity contribution in [3.8, 4) is 5.75 Å². The van der Waals surface area contributed by atoms with Crippen LogP contribution in [0.4, 0.5) is 0 Å². The van der Waals surface area contributed by atoms with Crippen LogP contribution in [0.1, 0.15) is 11.6 Å². The van der Waals surface area contributed by atoms with Crippen LogP contribution in [0, 0.1) is 0 Å². The van der Waals surface area contributed by atoms with E-state index in [0.29, 0.717) is 15.8 Å². The molecule has 84 valence electrons. The number of benzene rings is 1. The van der Waals surface area contributed by atoms with Gasteiger partial charge in [-0.05, 0) is 18.7 Å². The molecule has 0 fully saturated rings. The number of halogens is 2. The van der Waals surface area contributed by atoms with Crippen LogP contribution in [0.25, 0.3) is 0 Å². The molecule has 0 heterocycles. The number of methoxy groups -OCH3 is 1. The molecule has 3 nitrogen and oxygen atoms in total. The summed E-state index contributed by atoms with van der Waals surface area (Å²) in [4.78, 5) is 0. The average Bonchev–Trinajstić information content (AvgIpc) is 2.24. The van der Waals surface area contributed by atoms with Crippen LogP contribution in [-0.2, 0) is 0 Å². The van der Waals surface area contributed by atoms with E-state index in [4.69, 9.17) is 33.0 Å². The number of hydrogen-bond donors (Lipinski definition) is 2. The zero-order valence-corrected chi connectivity index (χ0v) is 10.1. The maximum atomic E-state index is 9.13. The van der Waals surface area contributed by atoms with Gasteiger partial charge in [0.25, 0.3) is 0 Å². The predicted octanol–water partition coefficient (Wildman–Crippen LogP) is 2.25. The van der Waals surface area contributed by atoms with Crippen LogP contribution >= 0.6 is 23.2 Å². The Morgan fingerprint density at radius 3 is 2.53 bits per heavy atom. The molecule has 1 aromatic rings. The zero-order valence-electron chi connectivity index (χ0n) is 8.55.